The number of pyridine rings is 2. The van der Waals surface area contributed by atoms with Crippen LogP contribution < -0.4 is 4.40 Å². The van der Waals surface area contributed by atoms with Crippen molar-refractivity contribution < 1.29 is 20.1 Å². The molecule has 9 aromatic rings. The van der Waals surface area contributed by atoms with Gasteiger partial charge in [0.1, 0.15) is 0 Å². The topological polar surface area (TPSA) is 30.2 Å². The second kappa shape index (κ2) is 14.8. The number of para-hydroxylation sites is 2. The molecule has 0 amide bonds. The molecule has 3 nitrogen and oxygen atoms in total. The van der Waals surface area contributed by atoms with Crippen LogP contribution in [0.2, 0.25) is 17.3 Å². The Kier molecular flexibility index (Phi) is 10.2. The summed E-state index contributed by atoms with van der Waals surface area (Å²) in [7, 11) is 0. The average Bonchev–Trinajstić information content (AvgIpc) is 3.67. The molecule has 0 aliphatic heterocycles. The summed E-state index contributed by atoms with van der Waals surface area (Å²) in [6.45, 7) is 4.63. The summed E-state index contributed by atoms with van der Waals surface area (Å²) < 4.78 is 3.98. The van der Waals surface area contributed by atoms with Crippen molar-refractivity contribution in [2.75, 3.05) is 0 Å². The molecular weight excluding hydrogens is 871 g/mol. The van der Waals surface area contributed by atoms with E-state index in [0.29, 0.717) is 5.92 Å². The molecule has 0 aliphatic carbocycles. The first-order chi connectivity index (χ1) is 24.8. The number of hydrogen-bond donors (Lipinski definition) is 0. The smallest absolute Gasteiger partial charge is 0.0160 e. The van der Waals surface area contributed by atoms with E-state index >= 15 is 0 Å². The van der Waals surface area contributed by atoms with Crippen LogP contribution in [0, 0.1) is 18.1 Å². The van der Waals surface area contributed by atoms with E-state index in [1.807, 2.05) is 42.5 Å². The standard InChI is InChI=1S/C36H33GeN2.C11H8N.Ir/c1-23(2)18-25-21-33(38-22-32(25)37(3,4)5)26-19-30(24-12-7-6-8-13-24)36-31(20-26)29-16-11-15-28-27-14-9-10-17-34(27)39(36)35(28)29;1-2-6-10(7-3-1)11-8-4-5-9-12-11;/h6-17,19,21-23H,18H2,1-5H3;1-6,8-9H;/q2*-1;. The first-order valence-electron chi connectivity index (χ1n) is 17.8. The van der Waals surface area contributed by atoms with E-state index in [1.165, 1.54) is 59.2 Å². The van der Waals surface area contributed by atoms with Crippen LogP contribution in [0.5, 0.6) is 0 Å². The van der Waals surface area contributed by atoms with Crippen molar-refractivity contribution >= 4 is 55.8 Å². The molecular formula is C47H41GeIrN3-2. The number of rotatable bonds is 6. The second-order valence-corrected chi connectivity index (χ2v) is 25.4. The molecule has 9 rings (SSSR count). The van der Waals surface area contributed by atoms with Crippen molar-refractivity contribution in [3.8, 4) is 33.6 Å². The molecule has 5 aromatic carbocycles. The van der Waals surface area contributed by atoms with Gasteiger partial charge in [-0.25, -0.2) is 0 Å². The number of benzene rings is 5. The summed E-state index contributed by atoms with van der Waals surface area (Å²) in [5.41, 5.74) is 11.8. The maximum absolute atomic E-state index is 5.09. The molecule has 4 aromatic heterocycles. The first kappa shape index (κ1) is 35.8. The molecule has 259 valence electrons. The fraction of sp³-hybridized carbons (Fsp3) is 0.149. The Morgan fingerprint density at radius 1 is 0.673 bits per heavy atom. The van der Waals surface area contributed by atoms with Gasteiger partial charge in [0.25, 0.3) is 0 Å². The fourth-order valence-electron chi connectivity index (χ4n) is 7.44. The van der Waals surface area contributed by atoms with Crippen LogP contribution in [0.1, 0.15) is 19.4 Å². The van der Waals surface area contributed by atoms with E-state index in [1.54, 1.807) is 6.20 Å². The molecule has 52 heavy (non-hydrogen) atoms. The quantitative estimate of drug-likeness (QED) is 0.123. The van der Waals surface area contributed by atoms with Crippen LogP contribution in [0.4, 0.5) is 0 Å². The Balaban J connectivity index is 0.000000275. The summed E-state index contributed by atoms with van der Waals surface area (Å²) >= 11 is -2.07. The Morgan fingerprint density at radius 2 is 1.40 bits per heavy atom. The van der Waals surface area contributed by atoms with Crippen molar-refractivity contribution in [2.24, 2.45) is 5.92 Å². The number of aromatic nitrogens is 3. The van der Waals surface area contributed by atoms with Crippen LogP contribution in [0.15, 0.2) is 140 Å². The molecule has 0 atom stereocenters. The largest absolute Gasteiger partial charge is 0.305 e. The molecule has 0 fully saturated rings. The van der Waals surface area contributed by atoms with E-state index in [0.717, 1.165) is 28.9 Å². The van der Waals surface area contributed by atoms with Crippen LogP contribution in [-0.2, 0) is 26.5 Å². The molecule has 0 unspecified atom stereocenters. The van der Waals surface area contributed by atoms with Gasteiger partial charge >= 0.3 is 228 Å². The van der Waals surface area contributed by atoms with Gasteiger partial charge in [-0.05, 0) is 11.8 Å². The Hall–Kier alpha value is -4.61. The third-order valence-corrected chi connectivity index (χ3v) is 14.0. The van der Waals surface area contributed by atoms with Crippen molar-refractivity contribution in [3.63, 3.8) is 0 Å². The van der Waals surface area contributed by atoms with Crippen molar-refractivity contribution in [3.05, 3.63) is 157 Å². The molecule has 0 saturated carbocycles. The molecule has 0 N–H and O–H groups in total. The average molecular weight is 913 g/mol. The van der Waals surface area contributed by atoms with E-state index < -0.39 is 13.3 Å². The van der Waals surface area contributed by atoms with Gasteiger partial charge in [-0.15, -0.1) is 35.9 Å². The number of fused-ring (bicyclic) bond motifs is 6. The Labute approximate surface area is 322 Å². The van der Waals surface area contributed by atoms with Gasteiger partial charge in [-0.3, -0.25) is 0 Å². The minimum absolute atomic E-state index is 0. The van der Waals surface area contributed by atoms with E-state index in [-0.39, 0.29) is 20.1 Å². The zero-order valence-electron chi connectivity index (χ0n) is 30.2. The third-order valence-electron chi connectivity index (χ3n) is 9.66. The molecule has 4 heterocycles. The summed E-state index contributed by atoms with van der Waals surface area (Å²) in [5, 5.41) is 5.02. The Bertz CT molecular complexity index is 2570. The first-order valence-corrected chi connectivity index (χ1v) is 25.2. The second-order valence-electron chi connectivity index (χ2n) is 14.8. The predicted molar refractivity (Wildman–Crippen MR) is 219 cm³/mol. The summed E-state index contributed by atoms with van der Waals surface area (Å²) in [6.07, 6.45) is 5.06. The predicted octanol–water partition coefficient (Wildman–Crippen LogP) is 11.7. The van der Waals surface area contributed by atoms with E-state index in [2.05, 4.69) is 144 Å². The maximum Gasteiger partial charge on any atom is 0.0160 e. The monoisotopic (exact) mass is 914 g/mol. The molecule has 5 heteroatoms. The zero-order chi connectivity index (χ0) is 35.1. The minimum atomic E-state index is -2.07. The van der Waals surface area contributed by atoms with Gasteiger partial charge in [0.15, 0.2) is 0 Å². The van der Waals surface area contributed by atoms with E-state index in [9.17, 15) is 0 Å². The molecule has 0 spiro atoms. The normalized spacial score (nSPS) is 11.7. The molecule has 0 saturated heterocycles. The number of nitrogens with zero attached hydrogens (tertiary/aromatic N) is 3. The minimum Gasteiger partial charge on any atom is -0.305 e. The maximum atomic E-state index is 5.09. The molecule has 0 bridgehead atoms. The molecule has 0 aliphatic rings. The van der Waals surface area contributed by atoms with Crippen molar-refractivity contribution in [1.29, 1.82) is 0 Å². The van der Waals surface area contributed by atoms with Crippen LogP contribution in [0.25, 0.3) is 71.7 Å². The van der Waals surface area contributed by atoms with Gasteiger partial charge in [-0.2, -0.15) is 0 Å². The fourth-order valence-corrected chi connectivity index (χ4v) is 10.8. The van der Waals surface area contributed by atoms with Crippen molar-refractivity contribution in [2.45, 2.75) is 37.5 Å². The number of hydrogen-bond acceptors (Lipinski definition) is 2. The van der Waals surface area contributed by atoms with Gasteiger partial charge in [0, 0.05) is 26.3 Å². The van der Waals surface area contributed by atoms with Crippen LogP contribution in [-0.4, -0.2) is 27.6 Å². The summed E-state index contributed by atoms with van der Waals surface area (Å²) in [6, 6.07) is 51.6. The SMILES string of the molecule is CC(C)Cc1cc(-c2[c-]c3c4cccc5c6ccccc6n(c3c(-c3ccccc3)c2)c45)nc[c]1[Ge]([CH3])([CH3])[CH3].[Ir].[c-]1ccccc1-c1ccccn1. The van der Waals surface area contributed by atoms with E-state index in [4.69, 9.17) is 4.98 Å². The summed E-state index contributed by atoms with van der Waals surface area (Å²) in [5.74, 6) is 8.00. The zero-order valence-corrected chi connectivity index (χ0v) is 34.7. The van der Waals surface area contributed by atoms with Gasteiger partial charge in [-0.1, -0.05) is 18.2 Å². The van der Waals surface area contributed by atoms with Crippen LogP contribution >= 0.6 is 0 Å². The van der Waals surface area contributed by atoms with Crippen molar-refractivity contribution in [1.82, 2.24) is 14.4 Å². The van der Waals surface area contributed by atoms with Gasteiger partial charge < -0.3 is 4.98 Å². The Morgan fingerprint density at radius 3 is 2.13 bits per heavy atom. The van der Waals surface area contributed by atoms with Gasteiger partial charge in [0.2, 0.25) is 0 Å². The summed E-state index contributed by atoms with van der Waals surface area (Å²) in [4.78, 5) is 9.31. The van der Waals surface area contributed by atoms with Gasteiger partial charge in [0.05, 0.1) is 0 Å². The van der Waals surface area contributed by atoms with Crippen LogP contribution in [0.3, 0.4) is 0 Å². The third kappa shape index (κ3) is 6.72. The molecule has 1 radical (unpaired) electrons.